The first kappa shape index (κ1) is 30.3. The monoisotopic (exact) mass is 625 g/mol. The predicted molar refractivity (Wildman–Crippen MR) is 166 cm³/mol. The number of para-hydroxylation sites is 2. The van der Waals surface area contributed by atoms with Crippen molar-refractivity contribution in [1.82, 2.24) is 4.90 Å². The Bertz CT molecular complexity index is 1930. The van der Waals surface area contributed by atoms with Crippen LogP contribution in [0.1, 0.15) is 30.5 Å². The van der Waals surface area contributed by atoms with Gasteiger partial charge in [0.1, 0.15) is 17.3 Å². The predicted octanol–water partition coefficient (Wildman–Crippen LogP) is 3.12. The second kappa shape index (κ2) is 10.4. The molecule has 6 rings (SSSR count). The molecule has 3 aromatic carbocycles. The molecule has 0 radical (unpaired) electrons. The number of ether oxygens (including phenoxy) is 3. The smallest absolute Gasteiger partial charge is 0.300 e. The van der Waals surface area contributed by atoms with Gasteiger partial charge in [-0.05, 0) is 74.4 Å². The van der Waals surface area contributed by atoms with Crippen LogP contribution in [0.15, 0.2) is 71.8 Å². The van der Waals surface area contributed by atoms with Crippen LogP contribution in [-0.2, 0) is 25.6 Å². The molecule has 1 saturated heterocycles. The highest BCUT2D eigenvalue weighted by atomic mass is 16.5. The van der Waals surface area contributed by atoms with Crippen molar-refractivity contribution in [2.45, 2.75) is 31.3 Å². The molecule has 3 aliphatic heterocycles. The maximum atomic E-state index is 15.2. The van der Waals surface area contributed by atoms with Crippen LogP contribution in [-0.4, -0.2) is 71.0 Å². The van der Waals surface area contributed by atoms with Gasteiger partial charge in [-0.25, -0.2) is 0 Å². The number of benzene rings is 3. The zero-order valence-electron chi connectivity index (χ0n) is 25.7. The number of carbonyl (C=O) groups excluding carboxylic acids is 4. The fraction of sp³-hybridized carbons (Fsp3) is 0.235. The number of nitrogens with zero attached hydrogens (tertiary/aromatic N) is 2. The number of aliphatic hydroxyl groups is 1. The molecule has 1 atom stereocenters. The maximum absolute atomic E-state index is 15.2. The van der Waals surface area contributed by atoms with Gasteiger partial charge in [0, 0.05) is 16.7 Å². The van der Waals surface area contributed by atoms with Crippen molar-refractivity contribution in [3.8, 4) is 23.0 Å². The van der Waals surface area contributed by atoms with Crippen LogP contribution in [0.3, 0.4) is 0 Å². The molecule has 46 heavy (non-hydrogen) atoms. The molecule has 1 fully saturated rings. The minimum absolute atomic E-state index is 0.0349. The quantitative estimate of drug-likeness (QED) is 0.212. The second-order valence-corrected chi connectivity index (χ2v) is 11.7. The Balaban J connectivity index is 1.81. The van der Waals surface area contributed by atoms with Crippen LogP contribution in [0, 0.1) is 0 Å². The lowest BCUT2D eigenvalue weighted by Crippen LogP contribution is -2.60. The van der Waals surface area contributed by atoms with Gasteiger partial charge in [-0.15, -0.1) is 0 Å². The molecule has 236 valence electrons. The van der Waals surface area contributed by atoms with Crippen LogP contribution < -0.4 is 24.8 Å². The molecular weight excluding hydrogens is 594 g/mol. The minimum atomic E-state index is -2.61. The fourth-order valence-corrected chi connectivity index (χ4v) is 6.81. The number of fused-ring (bicyclic) bond motifs is 3. The van der Waals surface area contributed by atoms with Gasteiger partial charge in [-0.3, -0.25) is 24.1 Å². The summed E-state index contributed by atoms with van der Waals surface area (Å²) in [5.74, 6) is -4.57. The van der Waals surface area contributed by atoms with Gasteiger partial charge in [0.2, 0.25) is 5.91 Å². The van der Waals surface area contributed by atoms with Crippen molar-refractivity contribution in [1.29, 1.82) is 0 Å². The second-order valence-electron chi connectivity index (χ2n) is 11.7. The first-order valence-corrected chi connectivity index (χ1v) is 14.2. The van der Waals surface area contributed by atoms with Crippen molar-refractivity contribution in [3.05, 3.63) is 88.5 Å². The molecule has 0 bridgehead atoms. The van der Waals surface area contributed by atoms with E-state index in [0.29, 0.717) is 28.4 Å². The Morgan fingerprint density at radius 1 is 0.891 bits per heavy atom. The van der Waals surface area contributed by atoms with E-state index in [1.165, 1.54) is 74.8 Å². The molecule has 0 aromatic heterocycles. The lowest BCUT2D eigenvalue weighted by Gasteiger charge is -2.44. The molecule has 3 amide bonds. The van der Waals surface area contributed by atoms with Crippen molar-refractivity contribution in [2.75, 3.05) is 26.2 Å². The number of rotatable bonds is 6. The molecular formula is C34H31N3O9. The lowest BCUT2D eigenvalue weighted by atomic mass is 9.79. The van der Waals surface area contributed by atoms with E-state index in [0.717, 1.165) is 4.90 Å². The minimum Gasteiger partial charge on any atom is -0.507 e. The molecule has 0 unspecified atom stereocenters. The lowest BCUT2D eigenvalue weighted by molar-refractivity contribution is -0.135. The number of primary amides is 1. The fourth-order valence-electron chi connectivity index (χ4n) is 6.81. The number of methoxy groups -OCH3 is 3. The number of amides is 3. The van der Waals surface area contributed by atoms with E-state index in [1.54, 1.807) is 26.0 Å². The molecule has 4 N–H and O–H groups in total. The molecule has 0 aliphatic carbocycles. The number of nitrogens with two attached hydrogens (primary N) is 1. The highest BCUT2D eigenvalue weighted by molar-refractivity contribution is 6.56. The Hall–Kier alpha value is -5.78. The summed E-state index contributed by atoms with van der Waals surface area (Å²) < 4.78 is 16.3. The van der Waals surface area contributed by atoms with E-state index in [4.69, 9.17) is 19.9 Å². The average molecular weight is 626 g/mol. The summed E-state index contributed by atoms with van der Waals surface area (Å²) in [4.78, 5) is 59.4. The summed E-state index contributed by atoms with van der Waals surface area (Å²) in [6.07, 6.45) is 0.266. The van der Waals surface area contributed by atoms with Crippen LogP contribution in [0.25, 0.3) is 11.5 Å². The normalized spacial score (nSPS) is 21.0. The van der Waals surface area contributed by atoms with Crippen molar-refractivity contribution < 1.29 is 43.6 Å². The zero-order chi connectivity index (χ0) is 33.3. The summed E-state index contributed by atoms with van der Waals surface area (Å²) in [6, 6.07) is 14.8. The first-order valence-electron chi connectivity index (χ1n) is 14.2. The maximum Gasteiger partial charge on any atom is 0.300 e. The summed E-state index contributed by atoms with van der Waals surface area (Å²) >= 11 is 0. The SMILES string of the molecule is COc1ccc(C(O)=C2C(=O)C(=O)N(c3ccccc3O)[C@@]23C(=O)N2C(=C3C(N)=O)c3cc(OC)c(OC)cc3CC2(C)C)cc1. The number of aromatic hydroxyl groups is 1. The van der Waals surface area contributed by atoms with Crippen molar-refractivity contribution >= 4 is 40.6 Å². The van der Waals surface area contributed by atoms with Gasteiger partial charge >= 0.3 is 5.91 Å². The number of ketones is 1. The highest BCUT2D eigenvalue weighted by Gasteiger charge is 2.72. The van der Waals surface area contributed by atoms with E-state index >= 15 is 4.79 Å². The summed E-state index contributed by atoms with van der Waals surface area (Å²) in [7, 11) is 4.36. The van der Waals surface area contributed by atoms with E-state index < -0.39 is 57.2 Å². The molecule has 1 spiro atoms. The Morgan fingerprint density at radius 2 is 1.52 bits per heavy atom. The van der Waals surface area contributed by atoms with Crippen LogP contribution in [0.4, 0.5) is 5.69 Å². The number of anilines is 1. The summed E-state index contributed by atoms with van der Waals surface area (Å²) in [5.41, 5.74) is 2.28. The van der Waals surface area contributed by atoms with Crippen LogP contribution in [0.2, 0.25) is 0 Å². The summed E-state index contributed by atoms with van der Waals surface area (Å²) in [5, 5.41) is 22.8. The van der Waals surface area contributed by atoms with Crippen molar-refractivity contribution in [2.24, 2.45) is 5.73 Å². The van der Waals surface area contributed by atoms with Gasteiger partial charge in [0.15, 0.2) is 17.0 Å². The topological polar surface area (TPSA) is 169 Å². The molecule has 3 aliphatic rings. The molecule has 12 heteroatoms. The molecule has 12 nitrogen and oxygen atoms in total. The van der Waals surface area contributed by atoms with Gasteiger partial charge in [0.25, 0.3) is 11.7 Å². The first-order chi connectivity index (χ1) is 21.8. The van der Waals surface area contributed by atoms with E-state index in [-0.39, 0.29) is 23.4 Å². The summed E-state index contributed by atoms with van der Waals surface area (Å²) in [6.45, 7) is 3.52. The standard InChI is InChI=1S/C34H31N3O9/c1-33(2)16-18-14-23(45-4)24(46-5)15-20(18)27-25(30(35)41)34(32(43)37(27)33)26(28(39)17-10-12-19(44-3)13-11-17)29(40)31(42)36(34)21-8-6-7-9-22(21)38/h6-15,38-39H,16H2,1-5H3,(H2,35,41)/t34-/m1/s1. The van der Waals surface area contributed by atoms with Gasteiger partial charge in [-0.2, -0.15) is 0 Å². The van der Waals surface area contributed by atoms with E-state index in [9.17, 15) is 24.6 Å². The van der Waals surface area contributed by atoms with Crippen LogP contribution >= 0.6 is 0 Å². The number of phenolic OH excluding ortho intramolecular Hbond substituents is 1. The number of aliphatic hydroxyl groups excluding tert-OH is 1. The molecule has 3 heterocycles. The molecule has 0 saturated carbocycles. The zero-order valence-corrected chi connectivity index (χ0v) is 25.7. The number of hydrogen-bond acceptors (Lipinski definition) is 9. The van der Waals surface area contributed by atoms with E-state index in [2.05, 4.69) is 0 Å². The average Bonchev–Trinajstić information content (AvgIpc) is 3.43. The van der Waals surface area contributed by atoms with E-state index in [1.807, 2.05) is 0 Å². The number of Topliss-reactive ketones (excluding diaryl/α,β-unsaturated/α-hetero) is 1. The Labute approximate surface area is 263 Å². The third kappa shape index (κ3) is 3.92. The molecule has 3 aromatic rings. The van der Waals surface area contributed by atoms with Gasteiger partial charge in [-0.1, -0.05) is 12.1 Å². The van der Waals surface area contributed by atoms with Gasteiger partial charge < -0.3 is 35.1 Å². The third-order valence-electron chi connectivity index (χ3n) is 8.72. The third-order valence-corrected chi connectivity index (χ3v) is 8.72. The largest absolute Gasteiger partial charge is 0.507 e. The van der Waals surface area contributed by atoms with Crippen molar-refractivity contribution in [3.63, 3.8) is 0 Å². The number of carbonyl (C=O) groups is 4. The highest BCUT2D eigenvalue weighted by Crippen LogP contribution is 2.58. The number of phenols is 1. The number of hydrogen-bond donors (Lipinski definition) is 3. The Morgan fingerprint density at radius 3 is 2.11 bits per heavy atom. The van der Waals surface area contributed by atoms with Gasteiger partial charge in [0.05, 0.1) is 43.9 Å². The van der Waals surface area contributed by atoms with Crippen LogP contribution in [0.5, 0.6) is 23.0 Å². The Kier molecular flexibility index (Phi) is 6.84.